The third-order valence-electron chi connectivity index (χ3n) is 12.9. The van der Waals surface area contributed by atoms with Gasteiger partial charge < -0.3 is 28.8 Å². The van der Waals surface area contributed by atoms with Gasteiger partial charge in [0, 0.05) is 6.42 Å². The van der Waals surface area contributed by atoms with Gasteiger partial charge in [-0.05, 0) is 64.2 Å². The molecule has 0 heterocycles. The maximum Gasteiger partial charge on any atom is 0.268 e. The third kappa shape index (κ3) is 53.7. The Hall–Kier alpha value is -2.06. The van der Waals surface area contributed by atoms with Crippen LogP contribution in [0, 0.1) is 0 Å². The van der Waals surface area contributed by atoms with Gasteiger partial charge in [-0.3, -0.25) is 9.36 Å². The minimum Gasteiger partial charge on any atom is -0.756 e. The number of hydrogen-bond acceptors (Lipinski definition) is 6. The summed E-state index contributed by atoms with van der Waals surface area (Å²) in [5.41, 5.74) is 0. The Morgan fingerprint density at radius 3 is 1.27 bits per heavy atom. The smallest absolute Gasteiger partial charge is 0.268 e. The number of likely N-dealkylation sites (N-methyl/N-ethyl adjacent to an activating group) is 1. The van der Waals surface area contributed by atoms with Crippen LogP contribution in [0.15, 0.2) is 72.9 Å². The third-order valence-corrected chi connectivity index (χ3v) is 13.9. The highest BCUT2D eigenvalue weighted by Gasteiger charge is 2.23. The SMILES string of the molecule is CC/C=C\C/C=C\C/C=C\C/C=C\C/C=C\CCCCCCCCCC(=O)NC(COP(=O)([O-])OCC[N+](C)(C)C)C(O)/C=C/CCCCCCCCCCCCCCCCCCCCCCCCC. The normalized spacial score (nSPS) is 14.4. The van der Waals surface area contributed by atoms with Crippen molar-refractivity contribution in [3.63, 3.8) is 0 Å². The molecule has 0 aliphatic carbocycles. The summed E-state index contributed by atoms with van der Waals surface area (Å²) in [4.78, 5) is 25.5. The molecule has 1 amide bonds. The van der Waals surface area contributed by atoms with Crippen molar-refractivity contribution in [2.45, 2.75) is 270 Å². The molecule has 0 spiro atoms. The van der Waals surface area contributed by atoms with Gasteiger partial charge in [0.1, 0.15) is 13.2 Å². The van der Waals surface area contributed by atoms with Crippen LogP contribution in [0.2, 0.25) is 0 Å². The number of phosphoric ester groups is 1. The number of aliphatic hydroxyl groups excluding tert-OH is 1. The fourth-order valence-electron chi connectivity index (χ4n) is 8.36. The first kappa shape index (κ1) is 67.9. The molecule has 0 saturated carbocycles. The molecule has 0 aliphatic rings. The van der Waals surface area contributed by atoms with Crippen molar-refractivity contribution in [3.05, 3.63) is 72.9 Å². The molecule has 2 N–H and O–H groups in total. The molecule has 70 heavy (non-hydrogen) atoms. The second kappa shape index (κ2) is 51.8. The van der Waals surface area contributed by atoms with Gasteiger partial charge in [0.25, 0.3) is 7.82 Å². The molecule has 0 saturated heterocycles. The highest BCUT2D eigenvalue weighted by Crippen LogP contribution is 2.38. The van der Waals surface area contributed by atoms with E-state index in [4.69, 9.17) is 9.05 Å². The number of carbonyl (C=O) groups is 1. The van der Waals surface area contributed by atoms with Crippen LogP contribution in [0.4, 0.5) is 0 Å². The lowest BCUT2D eigenvalue weighted by atomic mass is 10.0. The maximum absolute atomic E-state index is 13.0. The number of quaternary nitrogens is 1. The number of allylic oxidation sites excluding steroid dienone is 11. The standard InChI is InChI=1S/C61H113N2O6P/c1-6-8-10-12-14-16-18-20-22-24-26-28-30-31-33-34-36-38-40-42-44-46-48-50-52-54-60(64)59(58-69-70(66,67)68-57-56-63(3,4)5)62-61(65)55-53-51-49-47-45-43-41-39-37-35-32-29-27-25-23-21-19-17-15-13-11-9-7-2/h9,11,15,17,21,23,27,29,35,37,52,54,59-60,64H,6-8,10,12-14,16,18-20,22,24-26,28,30-34,36,38-51,53,55-58H2,1-5H3,(H-,62,65,66,67)/b11-9-,17-15-,23-21-,29-27-,37-35-,54-52+. The number of carbonyl (C=O) groups excluding carboxylic acids is 1. The van der Waals surface area contributed by atoms with Crippen molar-refractivity contribution in [2.24, 2.45) is 0 Å². The molecule has 0 aliphatic heterocycles. The monoisotopic (exact) mass is 1000 g/mol. The van der Waals surface area contributed by atoms with E-state index in [-0.39, 0.29) is 19.1 Å². The average Bonchev–Trinajstić information content (AvgIpc) is 3.32. The Kier molecular flexibility index (Phi) is 50.3. The highest BCUT2D eigenvalue weighted by molar-refractivity contribution is 7.45. The zero-order valence-corrected chi connectivity index (χ0v) is 47.4. The number of nitrogens with one attached hydrogen (secondary N) is 1. The van der Waals surface area contributed by atoms with Gasteiger partial charge in [0.05, 0.1) is 39.9 Å². The number of rotatable bonds is 53. The van der Waals surface area contributed by atoms with Crippen molar-refractivity contribution in [1.29, 1.82) is 0 Å². The van der Waals surface area contributed by atoms with Gasteiger partial charge >= 0.3 is 0 Å². The topological polar surface area (TPSA) is 108 Å². The largest absolute Gasteiger partial charge is 0.756 e. The van der Waals surface area contributed by atoms with E-state index >= 15 is 0 Å². The Morgan fingerprint density at radius 1 is 0.514 bits per heavy atom. The molecule has 0 aromatic carbocycles. The second-order valence-corrected chi connectivity index (χ2v) is 22.4. The summed E-state index contributed by atoms with van der Waals surface area (Å²) < 4.78 is 23.4. The first-order valence-corrected chi connectivity index (χ1v) is 30.8. The van der Waals surface area contributed by atoms with Crippen LogP contribution in [-0.2, 0) is 18.4 Å². The molecule has 3 atom stereocenters. The van der Waals surface area contributed by atoms with Crippen LogP contribution >= 0.6 is 7.82 Å². The fourth-order valence-corrected chi connectivity index (χ4v) is 9.08. The number of unbranched alkanes of at least 4 members (excludes halogenated alkanes) is 30. The van der Waals surface area contributed by atoms with Gasteiger partial charge in [-0.15, -0.1) is 0 Å². The van der Waals surface area contributed by atoms with E-state index in [0.717, 1.165) is 83.5 Å². The summed E-state index contributed by atoms with van der Waals surface area (Å²) in [6.45, 7) is 4.55. The lowest BCUT2D eigenvalue weighted by molar-refractivity contribution is -0.870. The van der Waals surface area contributed by atoms with Crippen LogP contribution in [0.25, 0.3) is 0 Å². The molecule has 8 nitrogen and oxygen atoms in total. The first-order chi connectivity index (χ1) is 34.0. The summed E-state index contributed by atoms with van der Waals surface area (Å²) in [7, 11) is 1.25. The molecular weight excluding hydrogens is 888 g/mol. The molecule has 9 heteroatoms. The summed E-state index contributed by atoms with van der Waals surface area (Å²) >= 11 is 0. The van der Waals surface area contributed by atoms with Gasteiger partial charge in [0.2, 0.25) is 5.91 Å². The van der Waals surface area contributed by atoms with Gasteiger partial charge in [-0.1, -0.05) is 260 Å². The first-order valence-electron chi connectivity index (χ1n) is 29.3. The van der Waals surface area contributed by atoms with E-state index in [2.05, 4.69) is 79.9 Å². The number of nitrogens with zero attached hydrogens (tertiary/aromatic N) is 1. The zero-order valence-electron chi connectivity index (χ0n) is 46.5. The summed E-state index contributed by atoms with van der Waals surface area (Å²) in [5, 5.41) is 13.9. The molecular formula is C61H113N2O6P. The molecule has 0 aromatic heterocycles. The van der Waals surface area contributed by atoms with Crippen molar-refractivity contribution in [2.75, 3.05) is 40.9 Å². The summed E-state index contributed by atoms with van der Waals surface area (Å²) in [5.74, 6) is -0.209. The Labute approximate surface area is 434 Å². The summed E-state index contributed by atoms with van der Waals surface area (Å²) in [6, 6.07) is -0.898. The van der Waals surface area contributed by atoms with E-state index in [1.807, 2.05) is 27.2 Å². The molecule has 0 aromatic rings. The molecule has 0 bridgehead atoms. The Bertz CT molecular complexity index is 1370. The highest BCUT2D eigenvalue weighted by atomic mass is 31.2. The Balaban J connectivity index is 4.25. The van der Waals surface area contributed by atoms with Crippen LogP contribution in [-0.4, -0.2) is 68.5 Å². The predicted octanol–water partition coefficient (Wildman–Crippen LogP) is 17.2. The Morgan fingerprint density at radius 2 is 0.871 bits per heavy atom. The second-order valence-electron chi connectivity index (χ2n) is 21.0. The van der Waals surface area contributed by atoms with E-state index in [9.17, 15) is 19.4 Å². The van der Waals surface area contributed by atoms with Crippen LogP contribution in [0.3, 0.4) is 0 Å². The number of hydrogen-bond donors (Lipinski definition) is 2. The van der Waals surface area contributed by atoms with E-state index in [0.29, 0.717) is 17.4 Å². The van der Waals surface area contributed by atoms with Crippen molar-refractivity contribution >= 4 is 13.7 Å². The van der Waals surface area contributed by atoms with Gasteiger partial charge in [-0.25, -0.2) is 0 Å². The van der Waals surface area contributed by atoms with Crippen molar-refractivity contribution in [1.82, 2.24) is 5.32 Å². The molecule has 3 unspecified atom stereocenters. The predicted molar refractivity (Wildman–Crippen MR) is 302 cm³/mol. The number of amides is 1. The van der Waals surface area contributed by atoms with Crippen molar-refractivity contribution in [3.8, 4) is 0 Å². The maximum atomic E-state index is 13.0. The number of aliphatic hydroxyl groups is 1. The molecule has 0 radical (unpaired) electrons. The number of phosphoric acid groups is 1. The lowest BCUT2D eigenvalue weighted by Crippen LogP contribution is -2.45. The van der Waals surface area contributed by atoms with E-state index in [1.54, 1.807) is 6.08 Å². The van der Waals surface area contributed by atoms with Crippen molar-refractivity contribution < 1.29 is 32.9 Å². The lowest BCUT2D eigenvalue weighted by Gasteiger charge is -2.29. The minimum absolute atomic E-state index is 0.00632. The fraction of sp³-hybridized carbons (Fsp3) is 0.787. The van der Waals surface area contributed by atoms with Gasteiger partial charge in [-0.2, -0.15) is 0 Å². The van der Waals surface area contributed by atoms with E-state index in [1.165, 1.54) is 154 Å². The molecule has 0 rings (SSSR count). The van der Waals surface area contributed by atoms with E-state index < -0.39 is 20.0 Å². The van der Waals surface area contributed by atoms with Crippen LogP contribution in [0.5, 0.6) is 0 Å². The van der Waals surface area contributed by atoms with Crippen LogP contribution < -0.4 is 10.2 Å². The minimum atomic E-state index is -4.61. The van der Waals surface area contributed by atoms with Gasteiger partial charge in [0.15, 0.2) is 0 Å². The quantitative estimate of drug-likeness (QED) is 0.0272. The molecule has 408 valence electrons. The summed E-state index contributed by atoms with van der Waals surface area (Å²) in [6.07, 6.45) is 71.2. The average molecular weight is 1000 g/mol. The zero-order chi connectivity index (χ0) is 51.3. The molecule has 0 fully saturated rings. The van der Waals surface area contributed by atoms with Crippen LogP contribution in [0.1, 0.15) is 258 Å².